The van der Waals surface area contributed by atoms with Gasteiger partial charge in [0.05, 0.1) is 24.5 Å². The van der Waals surface area contributed by atoms with Gasteiger partial charge in [0.1, 0.15) is 11.2 Å². The van der Waals surface area contributed by atoms with Gasteiger partial charge in [-0.15, -0.1) is 11.3 Å². The number of aromatic nitrogens is 1. The first kappa shape index (κ1) is 43.4. The van der Waals surface area contributed by atoms with Gasteiger partial charge in [-0.1, -0.05) is 68.1 Å². The molecule has 0 spiro atoms. The number of rotatable bonds is 19. The van der Waals surface area contributed by atoms with Gasteiger partial charge in [0.25, 0.3) is 11.8 Å². The lowest BCUT2D eigenvalue weighted by Gasteiger charge is -2.28. The average Bonchev–Trinajstić information content (AvgIpc) is 3.68. The second-order valence-corrected chi connectivity index (χ2v) is 17.2. The highest BCUT2D eigenvalue weighted by Gasteiger charge is 2.65. The maximum atomic E-state index is 13.3. The van der Waals surface area contributed by atoms with Crippen LogP contribution in [0, 0.1) is 5.92 Å². The summed E-state index contributed by atoms with van der Waals surface area (Å²) in [5, 5.41) is 26.8. The van der Waals surface area contributed by atoms with Crippen LogP contribution in [0.15, 0.2) is 60.0 Å². The van der Waals surface area contributed by atoms with Gasteiger partial charge in [0.2, 0.25) is 11.8 Å². The molecule has 300 valence electrons. The molecule has 0 aliphatic heterocycles. The summed E-state index contributed by atoms with van der Waals surface area (Å²) in [5.74, 6) is -4.92. The van der Waals surface area contributed by atoms with E-state index >= 15 is 0 Å². The van der Waals surface area contributed by atoms with Crippen molar-refractivity contribution in [3.63, 3.8) is 0 Å². The van der Waals surface area contributed by atoms with Crippen LogP contribution in [0.5, 0.6) is 0 Å². The van der Waals surface area contributed by atoms with Crippen molar-refractivity contribution in [1.82, 2.24) is 26.3 Å². The number of carbonyl (C=O) groups is 7. The van der Waals surface area contributed by atoms with E-state index in [-0.39, 0.29) is 52.5 Å². The van der Waals surface area contributed by atoms with E-state index in [4.69, 9.17) is 4.74 Å². The Morgan fingerprint density at radius 3 is 2.20 bits per heavy atom. The molecule has 1 aliphatic rings. The minimum absolute atomic E-state index is 0.0355. The summed E-state index contributed by atoms with van der Waals surface area (Å²) in [6.07, 6.45) is 0.602. The standard InChI is InChI=1S/C38H47N7O9S2/c1-23(46)56-37(4,5)15-16-54-36(2,3)18-29(47)39-19-25-11-13-26(14-12-25)42-33(52)38(17-27(38)32(50)51)45-30(48)21-40-31(49)28-22-55-35(43-28)44-34(53)41-20-24-9-7-6-8-10-24/h6-14,22,27H,15-21H2,1-5H3,(H,39,47)(H,40,49)(H,42,52)(H,45,48)(H,50,51)(H2,41,43,44,53). The highest BCUT2D eigenvalue weighted by molar-refractivity contribution is 8.14. The molecule has 0 radical (unpaired) electrons. The lowest BCUT2D eigenvalue weighted by molar-refractivity contribution is -0.140. The number of aliphatic carboxylic acids is 1. The molecule has 7 N–H and O–H groups in total. The number of thioether (sulfide) groups is 1. The number of urea groups is 1. The number of amides is 6. The van der Waals surface area contributed by atoms with Crippen molar-refractivity contribution in [1.29, 1.82) is 0 Å². The highest BCUT2D eigenvalue weighted by atomic mass is 32.2. The SMILES string of the molecule is CC(=O)SC(C)(C)CCOC(C)(C)CC(=O)NCc1ccc(NC(=O)C2(NC(=O)CNC(=O)c3csc(NC(=O)NCc4ccccc4)n3)CC2C(=O)O)cc1. The van der Waals surface area contributed by atoms with Gasteiger partial charge < -0.3 is 36.4 Å². The summed E-state index contributed by atoms with van der Waals surface area (Å²) in [6.45, 7) is 9.43. The highest BCUT2D eigenvalue weighted by Crippen LogP contribution is 2.44. The van der Waals surface area contributed by atoms with Crippen molar-refractivity contribution in [3.05, 3.63) is 76.8 Å². The van der Waals surface area contributed by atoms with Gasteiger partial charge in [0.15, 0.2) is 10.2 Å². The maximum Gasteiger partial charge on any atom is 0.321 e. The number of hydrogen-bond donors (Lipinski definition) is 7. The largest absolute Gasteiger partial charge is 0.481 e. The normalized spacial score (nSPS) is 16.2. The molecule has 0 bridgehead atoms. The molecular weight excluding hydrogens is 763 g/mol. The fourth-order valence-corrected chi connectivity index (χ4v) is 7.22. The Hall–Kier alpha value is -5.33. The van der Waals surface area contributed by atoms with Crippen molar-refractivity contribution >= 4 is 74.7 Å². The molecule has 1 aliphatic carbocycles. The number of carboxylic acids is 1. The molecule has 1 heterocycles. The summed E-state index contributed by atoms with van der Waals surface area (Å²) in [5.41, 5.74) is -0.541. The summed E-state index contributed by atoms with van der Waals surface area (Å²) < 4.78 is 5.67. The van der Waals surface area contributed by atoms with E-state index in [9.17, 15) is 38.7 Å². The van der Waals surface area contributed by atoms with E-state index in [1.54, 1.807) is 24.3 Å². The Morgan fingerprint density at radius 2 is 1.55 bits per heavy atom. The first-order chi connectivity index (χ1) is 26.4. The molecule has 2 aromatic carbocycles. The van der Waals surface area contributed by atoms with Crippen LogP contribution in [0.3, 0.4) is 0 Å². The van der Waals surface area contributed by atoms with E-state index < -0.39 is 53.3 Å². The van der Waals surface area contributed by atoms with Crippen LogP contribution in [0.4, 0.5) is 15.6 Å². The predicted octanol–water partition coefficient (Wildman–Crippen LogP) is 4.04. The monoisotopic (exact) mass is 809 g/mol. The second kappa shape index (κ2) is 19.0. The molecule has 1 saturated carbocycles. The van der Waals surface area contributed by atoms with E-state index in [0.29, 0.717) is 18.7 Å². The molecule has 0 saturated heterocycles. The van der Waals surface area contributed by atoms with Gasteiger partial charge in [-0.05, 0) is 49.9 Å². The zero-order valence-electron chi connectivity index (χ0n) is 31.8. The molecule has 3 aromatic rings. The molecule has 2 atom stereocenters. The van der Waals surface area contributed by atoms with Crippen molar-refractivity contribution < 1.29 is 43.4 Å². The third-order valence-electron chi connectivity index (χ3n) is 8.59. The lowest BCUT2D eigenvalue weighted by Crippen LogP contribution is -2.51. The number of nitrogens with zero attached hydrogens (tertiary/aromatic N) is 1. The van der Waals surface area contributed by atoms with Crippen LogP contribution in [-0.2, 0) is 41.8 Å². The minimum atomic E-state index is -1.73. The van der Waals surface area contributed by atoms with Crippen molar-refractivity contribution in [2.24, 2.45) is 5.92 Å². The molecule has 16 nitrogen and oxygen atoms in total. The van der Waals surface area contributed by atoms with E-state index in [1.807, 2.05) is 58.0 Å². The number of nitrogens with one attached hydrogen (secondary N) is 6. The van der Waals surface area contributed by atoms with Crippen LogP contribution in [0.25, 0.3) is 0 Å². The smallest absolute Gasteiger partial charge is 0.321 e. The zero-order valence-corrected chi connectivity index (χ0v) is 33.4. The van der Waals surface area contributed by atoms with E-state index in [0.717, 1.165) is 22.5 Å². The van der Waals surface area contributed by atoms with Gasteiger partial charge in [-0.2, -0.15) is 0 Å². The third-order valence-corrected chi connectivity index (χ3v) is 10.4. The minimum Gasteiger partial charge on any atom is -0.481 e. The number of carbonyl (C=O) groups excluding carboxylic acids is 6. The van der Waals surface area contributed by atoms with Crippen molar-refractivity contribution in [3.8, 4) is 0 Å². The predicted molar refractivity (Wildman–Crippen MR) is 212 cm³/mol. The van der Waals surface area contributed by atoms with Crippen LogP contribution in [0.1, 0.15) is 75.5 Å². The lowest BCUT2D eigenvalue weighted by atomic mass is 10.0. The Morgan fingerprint density at radius 1 is 0.893 bits per heavy atom. The summed E-state index contributed by atoms with van der Waals surface area (Å²) >= 11 is 2.26. The average molecular weight is 810 g/mol. The summed E-state index contributed by atoms with van der Waals surface area (Å²) in [6, 6.07) is 15.3. The Bertz CT molecular complexity index is 1920. The molecule has 4 rings (SSSR count). The van der Waals surface area contributed by atoms with E-state index in [2.05, 4.69) is 36.9 Å². The Labute approximate surface area is 332 Å². The number of carboxylic acid groups (broad SMARTS) is 1. The van der Waals surface area contributed by atoms with Crippen molar-refractivity contribution in [2.45, 2.75) is 82.9 Å². The van der Waals surface area contributed by atoms with Gasteiger partial charge in [-0.3, -0.25) is 34.1 Å². The molecule has 1 aromatic heterocycles. The second-order valence-electron chi connectivity index (χ2n) is 14.4. The number of benzene rings is 2. The van der Waals surface area contributed by atoms with Gasteiger partial charge in [-0.25, -0.2) is 9.78 Å². The van der Waals surface area contributed by atoms with Crippen LogP contribution >= 0.6 is 23.1 Å². The number of thiazole rings is 1. The third kappa shape index (κ3) is 13.5. The quantitative estimate of drug-likeness (QED) is 0.0913. The summed E-state index contributed by atoms with van der Waals surface area (Å²) in [4.78, 5) is 91.1. The first-order valence-corrected chi connectivity index (χ1v) is 19.4. The number of anilines is 2. The maximum absolute atomic E-state index is 13.3. The Kier molecular flexibility index (Phi) is 14.7. The van der Waals surface area contributed by atoms with Crippen molar-refractivity contribution in [2.75, 3.05) is 23.8 Å². The van der Waals surface area contributed by atoms with Gasteiger partial charge >= 0.3 is 12.0 Å². The number of ether oxygens (including phenoxy) is 1. The number of hydrogen-bond acceptors (Lipinski definition) is 11. The Balaban J connectivity index is 1.21. The fourth-order valence-electron chi connectivity index (χ4n) is 5.57. The molecule has 1 fully saturated rings. The topological polar surface area (TPSA) is 234 Å². The van der Waals surface area contributed by atoms with E-state index in [1.165, 1.54) is 24.1 Å². The zero-order chi connectivity index (χ0) is 41.1. The summed E-state index contributed by atoms with van der Waals surface area (Å²) in [7, 11) is 0. The molecule has 18 heteroatoms. The molecule has 6 amide bonds. The van der Waals surface area contributed by atoms with Crippen LogP contribution < -0.4 is 31.9 Å². The van der Waals surface area contributed by atoms with Crippen LogP contribution in [0.2, 0.25) is 0 Å². The molecular formula is C38H47N7O9S2. The molecule has 2 unspecified atom stereocenters. The first-order valence-electron chi connectivity index (χ1n) is 17.7. The van der Waals surface area contributed by atoms with Crippen LogP contribution in [-0.4, -0.2) is 79.9 Å². The van der Waals surface area contributed by atoms with Gasteiger partial charge in [0, 0.05) is 42.4 Å². The molecule has 56 heavy (non-hydrogen) atoms. The fraction of sp³-hybridized carbons (Fsp3) is 0.421.